The first-order valence-corrected chi connectivity index (χ1v) is 13.6. The molecule has 2 aromatic carbocycles. The van der Waals surface area contributed by atoms with Gasteiger partial charge in [-0.15, -0.1) is 0 Å². The van der Waals surface area contributed by atoms with Crippen molar-refractivity contribution in [1.29, 1.82) is 0 Å². The molecule has 1 fully saturated rings. The number of hydrogen-bond acceptors (Lipinski definition) is 11. The van der Waals surface area contributed by atoms with Crippen LogP contribution in [-0.4, -0.2) is 142 Å². The van der Waals surface area contributed by atoms with E-state index in [0.717, 1.165) is 49.8 Å². The monoisotopic (exact) mass is 666 g/mol. The third-order valence-electron chi connectivity index (χ3n) is 5.95. The van der Waals surface area contributed by atoms with Gasteiger partial charge in [-0.1, -0.05) is 18.2 Å². The van der Waals surface area contributed by atoms with Gasteiger partial charge in [0.1, 0.15) is 12.4 Å². The van der Waals surface area contributed by atoms with Crippen LogP contribution >= 0.6 is 0 Å². The summed E-state index contributed by atoms with van der Waals surface area (Å²) < 4.78 is 5.79. The van der Waals surface area contributed by atoms with Gasteiger partial charge in [-0.3, -0.25) is 14.6 Å². The van der Waals surface area contributed by atoms with Crippen LogP contribution < -0.4 is 15.0 Å². The lowest BCUT2D eigenvalue weighted by molar-refractivity contribution is -0.159. The summed E-state index contributed by atoms with van der Waals surface area (Å²) in [4.78, 5) is 73.9. The van der Waals surface area contributed by atoms with Gasteiger partial charge in [-0.2, -0.15) is 0 Å². The highest BCUT2D eigenvalue weighted by Gasteiger charge is 2.25. The second-order valence-corrected chi connectivity index (χ2v) is 9.48. The number of benzene rings is 2. The number of carbonyl (C=O) groups is 7. The van der Waals surface area contributed by atoms with E-state index in [2.05, 4.69) is 15.1 Å². The average molecular weight is 667 g/mol. The number of anilines is 2. The Kier molecular flexibility index (Phi) is 19.2. The molecule has 0 aliphatic carbocycles. The Hall–Kier alpha value is -5.75. The Bertz CT molecular complexity index is 1240. The summed E-state index contributed by atoms with van der Waals surface area (Å²) in [5, 5.41) is 47.4. The summed E-state index contributed by atoms with van der Waals surface area (Å²) in [6.45, 7) is 7.25. The molecule has 47 heavy (non-hydrogen) atoms. The van der Waals surface area contributed by atoms with Crippen LogP contribution in [0.25, 0.3) is 0 Å². The molecule has 7 N–H and O–H groups in total. The van der Waals surface area contributed by atoms with Gasteiger partial charge in [0, 0.05) is 58.2 Å². The number of carbonyl (C=O) groups excluding carboxylic acids is 1. The van der Waals surface area contributed by atoms with Crippen molar-refractivity contribution in [3.63, 3.8) is 0 Å². The van der Waals surface area contributed by atoms with E-state index in [1.54, 1.807) is 0 Å². The van der Waals surface area contributed by atoms with Crippen LogP contribution in [0.2, 0.25) is 0 Å². The van der Waals surface area contributed by atoms with Crippen LogP contribution in [0.15, 0.2) is 54.6 Å². The number of nitrogens with one attached hydrogen (secondary N) is 1. The molecule has 2 aromatic rings. The second-order valence-electron chi connectivity index (χ2n) is 9.48. The summed E-state index contributed by atoms with van der Waals surface area (Å²) in [7, 11) is 4.01. The van der Waals surface area contributed by atoms with Gasteiger partial charge in [0.25, 0.3) is 0 Å². The number of para-hydroxylation sites is 1. The maximum absolute atomic E-state index is 12.6. The molecule has 1 atom stereocenters. The predicted octanol–water partition coefficient (Wildman–Crippen LogP) is 0.243. The molecule has 0 saturated carbocycles. The van der Waals surface area contributed by atoms with Crippen molar-refractivity contribution >= 4 is 53.1 Å². The molecular weight excluding hydrogens is 628 g/mol. The summed E-state index contributed by atoms with van der Waals surface area (Å²) in [6, 6.07) is 17.7. The zero-order chi connectivity index (χ0) is 36.1. The van der Waals surface area contributed by atoms with Gasteiger partial charge < -0.3 is 45.6 Å². The molecule has 258 valence electrons. The van der Waals surface area contributed by atoms with E-state index in [0.29, 0.717) is 6.61 Å². The first-order valence-electron chi connectivity index (χ1n) is 13.6. The van der Waals surface area contributed by atoms with Gasteiger partial charge in [-0.05, 0) is 43.3 Å². The Balaban J connectivity index is 0.000000961. The molecule has 18 nitrogen and oxygen atoms in total. The molecule has 1 aliphatic rings. The number of nitrogens with zero attached hydrogens (tertiary/aromatic N) is 3. The molecule has 3 rings (SSSR count). The minimum atomic E-state index is -1.82. The van der Waals surface area contributed by atoms with Crippen LogP contribution in [-0.2, 0) is 33.6 Å². The van der Waals surface area contributed by atoms with Gasteiger partial charge in [0.05, 0.1) is 6.04 Å². The van der Waals surface area contributed by atoms with Gasteiger partial charge >= 0.3 is 35.8 Å². The van der Waals surface area contributed by atoms with E-state index >= 15 is 0 Å². The van der Waals surface area contributed by atoms with Crippen LogP contribution in [0.1, 0.15) is 6.92 Å². The lowest BCUT2D eigenvalue weighted by Crippen LogP contribution is -2.53. The summed E-state index contributed by atoms with van der Waals surface area (Å²) in [6.07, 6.45) is 0. The zero-order valence-electron chi connectivity index (χ0n) is 25.8. The van der Waals surface area contributed by atoms with E-state index in [4.69, 9.17) is 64.1 Å². The fourth-order valence-corrected chi connectivity index (χ4v) is 3.44. The van der Waals surface area contributed by atoms with Crippen molar-refractivity contribution in [1.82, 2.24) is 9.80 Å². The highest BCUT2D eigenvalue weighted by molar-refractivity contribution is 6.28. The minimum Gasteiger partial charge on any atom is -0.492 e. The largest absolute Gasteiger partial charge is 0.492 e. The Morgan fingerprint density at radius 3 is 1.51 bits per heavy atom. The van der Waals surface area contributed by atoms with E-state index in [9.17, 15) is 4.79 Å². The fourth-order valence-electron chi connectivity index (χ4n) is 3.44. The predicted molar refractivity (Wildman–Crippen MR) is 165 cm³/mol. The summed E-state index contributed by atoms with van der Waals surface area (Å²) in [5.41, 5.74) is 1.95. The van der Waals surface area contributed by atoms with Crippen LogP contribution in [0.5, 0.6) is 5.75 Å². The number of ether oxygens (including phenoxy) is 1. The molecule has 1 saturated heterocycles. The highest BCUT2D eigenvalue weighted by atomic mass is 16.5. The fraction of sp³-hybridized carbons (Fsp3) is 0.345. The first-order chi connectivity index (χ1) is 22.0. The number of carboxylic acids is 6. The quantitative estimate of drug-likeness (QED) is 0.186. The van der Waals surface area contributed by atoms with Gasteiger partial charge in [0.2, 0.25) is 5.91 Å². The van der Waals surface area contributed by atoms with Crippen LogP contribution in [0, 0.1) is 0 Å². The standard InChI is InChI=1S/C23H32N4O2.3C2H2O4/c1-19(23(28)24-20-9-11-21(12-10-20)25(2)3)27-15-13-26(14-16-27)17-18-29-22-7-5-4-6-8-22;3*3-1(4)2(5)6/h4-12,19H,13-18H2,1-3H3,(H,24,28);3*(H,3,4)(H,5,6). The number of aliphatic carboxylic acids is 6. The second kappa shape index (κ2) is 21.9. The number of piperazine rings is 1. The first kappa shape index (κ1) is 41.2. The normalized spacial score (nSPS) is 12.8. The third kappa shape index (κ3) is 18.6. The van der Waals surface area contributed by atoms with E-state index < -0.39 is 35.8 Å². The average Bonchev–Trinajstić information content (AvgIpc) is 3.02. The highest BCUT2D eigenvalue weighted by Crippen LogP contribution is 2.17. The lowest BCUT2D eigenvalue weighted by atomic mass is 10.2. The van der Waals surface area contributed by atoms with Crippen molar-refractivity contribution in [2.75, 3.05) is 63.6 Å². The molecule has 1 unspecified atom stereocenters. The number of rotatable bonds is 8. The molecule has 0 radical (unpaired) electrons. The Labute approximate surface area is 269 Å². The van der Waals surface area contributed by atoms with Crippen molar-refractivity contribution in [3.8, 4) is 5.75 Å². The molecule has 1 aliphatic heterocycles. The Morgan fingerprint density at radius 2 is 1.13 bits per heavy atom. The van der Waals surface area contributed by atoms with E-state index in [1.165, 1.54) is 0 Å². The Morgan fingerprint density at radius 1 is 0.702 bits per heavy atom. The number of amides is 1. The van der Waals surface area contributed by atoms with E-state index in [-0.39, 0.29) is 11.9 Å². The topological polar surface area (TPSA) is 272 Å². The van der Waals surface area contributed by atoms with Crippen molar-refractivity contribution in [2.45, 2.75) is 13.0 Å². The SMILES string of the molecule is CC(C(=O)Nc1ccc(N(C)C)cc1)N1CCN(CCOc2ccccc2)CC1.O=C(O)C(=O)O.O=C(O)C(=O)O.O=C(O)C(=O)O. The number of carboxylic acid groups (broad SMARTS) is 6. The maximum atomic E-state index is 12.6. The molecule has 1 heterocycles. The van der Waals surface area contributed by atoms with Crippen LogP contribution in [0.4, 0.5) is 11.4 Å². The van der Waals surface area contributed by atoms with E-state index in [1.807, 2.05) is 80.5 Å². The molecule has 18 heteroatoms. The molecule has 0 bridgehead atoms. The molecule has 1 amide bonds. The molecular formula is C29H38N4O14. The summed E-state index contributed by atoms with van der Waals surface area (Å²) in [5.74, 6) is -9.99. The molecule has 0 spiro atoms. The summed E-state index contributed by atoms with van der Waals surface area (Å²) >= 11 is 0. The smallest absolute Gasteiger partial charge is 0.414 e. The van der Waals surface area contributed by atoms with Gasteiger partial charge in [0.15, 0.2) is 0 Å². The third-order valence-corrected chi connectivity index (χ3v) is 5.95. The number of hydrogen-bond donors (Lipinski definition) is 7. The van der Waals surface area contributed by atoms with Crippen molar-refractivity contribution in [2.24, 2.45) is 0 Å². The minimum absolute atomic E-state index is 0.0449. The van der Waals surface area contributed by atoms with Crippen molar-refractivity contribution in [3.05, 3.63) is 54.6 Å². The van der Waals surface area contributed by atoms with Gasteiger partial charge in [-0.25, -0.2) is 28.8 Å². The maximum Gasteiger partial charge on any atom is 0.414 e. The zero-order valence-corrected chi connectivity index (χ0v) is 25.8. The molecule has 0 aromatic heterocycles. The lowest BCUT2D eigenvalue weighted by Gasteiger charge is -2.37. The van der Waals surface area contributed by atoms with Crippen LogP contribution in [0.3, 0.4) is 0 Å². The van der Waals surface area contributed by atoms with Crippen molar-refractivity contribution < 1.29 is 68.9 Å².